The molecule has 1 aliphatic heterocycles. The third-order valence-corrected chi connectivity index (χ3v) is 4.22. The van der Waals surface area contributed by atoms with Crippen molar-refractivity contribution in [2.24, 2.45) is 12.0 Å². The molecule has 3 aromatic rings. The minimum Gasteiger partial charge on any atom is -0.494 e. The normalized spacial score (nSPS) is 13.2. The lowest BCUT2D eigenvalue weighted by Crippen LogP contribution is -2.22. The molecule has 1 aliphatic rings. The van der Waals surface area contributed by atoms with Crippen LogP contribution in [0.15, 0.2) is 47.5 Å². The SMILES string of the molecule is Cn1c(O)c(C2=c3ccccc3=NC2=O)c2cc([N+](=O)[O-])ccc21. The summed E-state index contributed by atoms with van der Waals surface area (Å²) in [6.45, 7) is 0. The number of fused-ring (bicyclic) bond motifs is 2. The number of benzene rings is 2. The van der Waals surface area contributed by atoms with Crippen LogP contribution in [-0.2, 0) is 11.8 Å². The zero-order chi connectivity index (χ0) is 17.0. The first-order chi connectivity index (χ1) is 11.5. The Morgan fingerprint density at radius 2 is 1.96 bits per heavy atom. The Kier molecular flexibility index (Phi) is 2.80. The van der Waals surface area contributed by atoms with E-state index in [4.69, 9.17) is 0 Å². The number of carbonyl (C=O) groups is 1. The van der Waals surface area contributed by atoms with Crippen LogP contribution in [0.25, 0.3) is 16.5 Å². The number of nitro benzene ring substituents is 1. The van der Waals surface area contributed by atoms with Gasteiger partial charge in [0.1, 0.15) is 0 Å². The molecule has 24 heavy (non-hydrogen) atoms. The molecular weight excluding hydrogens is 310 g/mol. The van der Waals surface area contributed by atoms with Gasteiger partial charge in [0.25, 0.3) is 11.6 Å². The molecule has 0 unspecified atom stereocenters. The van der Waals surface area contributed by atoms with E-state index in [0.29, 0.717) is 21.5 Å². The highest BCUT2D eigenvalue weighted by Crippen LogP contribution is 2.37. The molecule has 4 rings (SSSR count). The number of para-hydroxylation sites is 1. The highest BCUT2D eigenvalue weighted by atomic mass is 16.6. The molecule has 0 spiro atoms. The number of nitrogens with zero attached hydrogens (tertiary/aromatic N) is 3. The fraction of sp³-hybridized carbons (Fsp3) is 0.0588. The van der Waals surface area contributed by atoms with Crippen molar-refractivity contribution in [2.45, 2.75) is 0 Å². The van der Waals surface area contributed by atoms with Gasteiger partial charge in [0.05, 0.1) is 26.9 Å². The second-order valence-electron chi connectivity index (χ2n) is 5.53. The zero-order valence-corrected chi connectivity index (χ0v) is 12.6. The van der Waals surface area contributed by atoms with Crippen LogP contribution in [0.5, 0.6) is 5.88 Å². The number of aromatic hydroxyl groups is 1. The molecule has 1 aromatic heterocycles. The van der Waals surface area contributed by atoms with Gasteiger partial charge >= 0.3 is 0 Å². The number of carbonyl (C=O) groups excluding carboxylic acids is 1. The average Bonchev–Trinajstić information content (AvgIpc) is 3.01. The van der Waals surface area contributed by atoms with E-state index in [1.165, 1.54) is 16.7 Å². The van der Waals surface area contributed by atoms with Crippen LogP contribution in [-0.4, -0.2) is 20.5 Å². The summed E-state index contributed by atoms with van der Waals surface area (Å²) >= 11 is 0. The van der Waals surface area contributed by atoms with Crippen LogP contribution >= 0.6 is 0 Å². The molecule has 118 valence electrons. The minimum absolute atomic E-state index is 0.106. The maximum atomic E-state index is 12.4. The maximum Gasteiger partial charge on any atom is 0.279 e. The molecule has 0 atom stereocenters. The van der Waals surface area contributed by atoms with E-state index in [9.17, 15) is 20.0 Å². The molecule has 0 fully saturated rings. The number of rotatable bonds is 2. The molecule has 0 aliphatic carbocycles. The summed E-state index contributed by atoms with van der Waals surface area (Å²) < 4.78 is 1.50. The number of hydrogen-bond acceptors (Lipinski definition) is 4. The molecule has 7 nitrogen and oxygen atoms in total. The van der Waals surface area contributed by atoms with Crippen molar-refractivity contribution in [1.82, 2.24) is 4.57 Å². The van der Waals surface area contributed by atoms with E-state index in [-0.39, 0.29) is 22.7 Å². The Morgan fingerprint density at radius 1 is 1.21 bits per heavy atom. The van der Waals surface area contributed by atoms with Gasteiger partial charge in [-0.05, 0) is 12.1 Å². The van der Waals surface area contributed by atoms with Crippen molar-refractivity contribution < 1.29 is 14.8 Å². The van der Waals surface area contributed by atoms with Gasteiger partial charge < -0.3 is 9.67 Å². The Balaban J connectivity index is 2.18. The number of nitro groups is 1. The Morgan fingerprint density at radius 3 is 2.71 bits per heavy atom. The summed E-state index contributed by atoms with van der Waals surface area (Å²) in [5, 5.41) is 23.2. The highest BCUT2D eigenvalue weighted by molar-refractivity contribution is 6.25. The van der Waals surface area contributed by atoms with Crippen LogP contribution in [0.1, 0.15) is 5.56 Å². The van der Waals surface area contributed by atoms with Gasteiger partial charge in [0.2, 0.25) is 0 Å². The van der Waals surface area contributed by atoms with Crippen molar-refractivity contribution in [3.63, 3.8) is 0 Å². The summed E-state index contributed by atoms with van der Waals surface area (Å²) in [7, 11) is 1.63. The minimum atomic E-state index is -0.507. The number of hydrogen-bond donors (Lipinski definition) is 1. The summed E-state index contributed by atoms with van der Waals surface area (Å²) in [6.07, 6.45) is 0. The van der Waals surface area contributed by atoms with Gasteiger partial charge in [-0.15, -0.1) is 0 Å². The van der Waals surface area contributed by atoms with Crippen LogP contribution in [0.2, 0.25) is 0 Å². The molecule has 0 saturated heterocycles. The number of non-ortho nitro benzene ring substituents is 1. The molecule has 7 heteroatoms. The zero-order valence-electron chi connectivity index (χ0n) is 12.6. The van der Waals surface area contributed by atoms with Gasteiger partial charge in [0, 0.05) is 29.8 Å². The van der Waals surface area contributed by atoms with Crippen LogP contribution < -0.4 is 10.6 Å². The van der Waals surface area contributed by atoms with E-state index in [0.717, 1.165) is 0 Å². The van der Waals surface area contributed by atoms with Crippen molar-refractivity contribution in [3.8, 4) is 5.88 Å². The van der Waals surface area contributed by atoms with Gasteiger partial charge in [-0.3, -0.25) is 14.9 Å². The Labute approximate surface area is 134 Å². The fourth-order valence-electron chi connectivity index (χ4n) is 3.08. The lowest BCUT2D eigenvalue weighted by Gasteiger charge is -2.00. The monoisotopic (exact) mass is 321 g/mol. The predicted molar refractivity (Wildman–Crippen MR) is 86.0 cm³/mol. The molecule has 0 radical (unpaired) electrons. The number of aromatic nitrogens is 1. The summed E-state index contributed by atoms with van der Waals surface area (Å²) in [6, 6.07) is 11.3. The third kappa shape index (κ3) is 1.78. The van der Waals surface area contributed by atoms with Crippen molar-refractivity contribution in [3.05, 3.63) is 68.7 Å². The molecule has 2 aromatic carbocycles. The van der Waals surface area contributed by atoms with Crippen LogP contribution in [0, 0.1) is 10.1 Å². The van der Waals surface area contributed by atoms with E-state index in [1.807, 2.05) is 0 Å². The van der Waals surface area contributed by atoms with Gasteiger partial charge in [0.15, 0.2) is 5.88 Å². The molecular formula is C17H11N3O4. The van der Waals surface area contributed by atoms with Crippen LogP contribution in [0.4, 0.5) is 5.69 Å². The van der Waals surface area contributed by atoms with E-state index < -0.39 is 10.8 Å². The van der Waals surface area contributed by atoms with Crippen LogP contribution in [0.3, 0.4) is 0 Å². The predicted octanol–water partition coefficient (Wildman–Crippen LogP) is 1.15. The second-order valence-corrected chi connectivity index (χ2v) is 5.53. The quantitative estimate of drug-likeness (QED) is 0.565. The van der Waals surface area contributed by atoms with E-state index >= 15 is 0 Å². The summed E-state index contributed by atoms with van der Waals surface area (Å²) in [5.74, 6) is -0.591. The largest absolute Gasteiger partial charge is 0.494 e. The fourth-order valence-corrected chi connectivity index (χ4v) is 3.08. The standard InChI is InChI=1S/C17H11N3O4/c1-19-13-7-6-9(20(23)24)8-11(13)15(17(19)22)14-10-4-2-3-5-12(10)18-16(14)21/h2-8,22H,1H3. The summed E-state index contributed by atoms with van der Waals surface area (Å²) in [5.41, 5.74) is 1.02. The smallest absolute Gasteiger partial charge is 0.279 e. The van der Waals surface area contributed by atoms with Crippen molar-refractivity contribution in [1.29, 1.82) is 0 Å². The second kappa shape index (κ2) is 4.76. The molecule has 1 amide bonds. The molecule has 0 saturated carbocycles. The molecule has 0 bridgehead atoms. The molecule has 1 N–H and O–H groups in total. The Bertz CT molecular complexity index is 1170. The first kappa shape index (κ1) is 14.1. The lowest BCUT2D eigenvalue weighted by atomic mass is 10.0. The van der Waals surface area contributed by atoms with Crippen molar-refractivity contribution >= 4 is 28.1 Å². The van der Waals surface area contributed by atoms with E-state index in [1.54, 1.807) is 37.4 Å². The first-order valence-corrected chi connectivity index (χ1v) is 7.17. The third-order valence-electron chi connectivity index (χ3n) is 4.22. The highest BCUT2D eigenvalue weighted by Gasteiger charge is 2.27. The molecule has 2 heterocycles. The number of aryl methyl sites for hydroxylation is 1. The van der Waals surface area contributed by atoms with Gasteiger partial charge in [-0.25, -0.2) is 4.99 Å². The first-order valence-electron chi connectivity index (χ1n) is 7.17. The topological polar surface area (TPSA) is 97.7 Å². The Hall–Kier alpha value is -3.48. The van der Waals surface area contributed by atoms with E-state index in [2.05, 4.69) is 4.99 Å². The maximum absolute atomic E-state index is 12.4. The van der Waals surface area contributed by atoms with Crippen molar-refractivity contribution in [2.75, 3.05) is 0 Å². The van der Waals surface area contributed by atoms with Gasteiger partial charge in [-0.2, -0.15) is 0 Å². The summed E-state index contributed by atoms with van der Waals surface area (Å²) in [4.78, 5) is 27.0. The number of amides is 1. The lowest BCUT2D eigenvalue weighted by molar-refractivity contribution is -0.384. The van der Waals surface area contributed by atoms with Gasteiger partial charge in [-0.1, -0.05) is 18.2 Å². The average molecular weight is 321 g/mol.